The van der Waals surface area contributed by atoms with E-state index in [2.05, 4.69) is 18.9 Å². The van der Waals surface area contributed by atoms with Gasteiger partial charge in [0.25, 0.3) is 0 Å². The summed E-state index contributed by atoms with van der Waals surface area (Å²) in [5, 5.41) is 0. The van der Waals surface area contributed by atoms with Crippen molar-refractivity contribution < 1.29 is 0 Å². The molecule has 154 valence electrons. The first kappa shape index (κ1) is 25.4. The maximum absolute atomic E-state index is 5.16. The first-order valence-corrected chi connectivity index (χ1v) is 12.1. The Morgan fingerprint density at radius 3 is 0.962 bits per heavy atom. The predicted octanol–water partition coefficient (Wildman–Crippen LogP) is 8.51. The molecular formula is C25H49N. The summed E-state index contributed by atoms with van der Waals surface area (Å²) in [6.07, 6.45) is 31.1. The molecule has 0 atom stereocenters. The van der Waals surface area contributed by atoms with E-state index in [9.17, 15) is 0 Å². The molecule has 0 fully saturated rings. The lowest BCUT2D eigenvalue weighted by atomic mass is 10.0. The van der Waals surface area contributed by atoms with Crippen LogP contribution in [-0.4, -0.2) is 0 Å². The number of nitrogens with two attached hydrogens (primary N) is 1. The molecule has 0 aromatic rings. The van der Waals surface area contributed by atoms with Gasteiger partial charge in [-0.15, -0.1) is 0 Å². The minimum atomic E-state index is 0.982. The topological polar surface area (TPSA) is 26.0 Å². The fourth-order valence-corrected chi connectivity index (χ4v) is 3.72. The quantitative estimate of drug-likeness (QED) is 0.123. The highest BCUT2D eigenvalue weighted by molar-refractivity contribution is 4.93. The van der Waals surface area contributed by atoms with Gasteiger partial charge in [0.2, 0.25) is 0 Å². The molecule has 0 aromatic heterocycles. The Bertz CT molecular complexity index is 299. The van der Waals surface area contributed by atoms with Crippen molar-refractivity contribution in [1.29, 1.82) is 0 Å². The standard InChI is InChI=1S/C25H49N/c1-2-3-4-5-6-7-8-9-10-11-12-13-14-15-16-17-18-19-20-21-22-23-24-25-26/h2-23,26H2,1H3. The van der Waals surface area contributed by atoms with Gasteiger partial charge in [0, 0.05) is 12.5 Å². The third-order valence-electron chi connectivity index (χ3n) is 5.51. The van der Waals surface area contributed by atoms with Crippen molar-refractivity contribution in [3.05, 3.63) is 0 Å². The molecule has 0 radical (unpaired) electrons. The normalized spacial score (nSPS) is 10.7. The van der Waals surface area contributed by atoms with Gasteiger partial charge in [0.1, 0.15) is 0 Å². The molecule has 0 aliphatic heterocycles. The lowest BCUT2D eigenvalue weighted by Crippen LogP contribution is -1.84. The maximum Gasteiger partial charge on any atom is 0.0107 e. The molecule has 0 aliphatic carbocycles. The lowest BCUT2D eigenvalue weighted by molar-refractivity contribution is 0.520. The highest BCUT2D eigenvalue weighted by atomic mass is 14.4. The van der Waals surface area contributed by atoms with Gasteiger partial charge < -0.3 is 5.73 Å². The monoisotopic (exact) mass is 363 g/mol. The van der Waals surface area contributed by atoms with Gasteiger partial charge in [0.15, 0.2) is 0 Å². The minimum absolute atomic E-state index is 0.982. The van der Waals surface area contributed by atoms with E-state index in [-0.39, 0.29) is 0 Å². The van der Waals surface area contributed by atoms with Crippen LogP contribution in [0.1, 0.15) is 148 Å². The highest BCUT2D eigenvalue weighted by Gasteiger charge is 1.95. The second-order valence-electron chi connectivity index (χ2n) is 8.14. The van der Waals surface area contributed by atoms with Crippen molar-refractivity contribution in [3.63, 3.8) is 0 Å². The Balaban J connectivity index is 2.97. The minimum Gasteiger partial charge on any atom is -0.359 e. The maximum atomic E-state index is 5.16. The summed E-state index contributed by atoms with van der Waals surface area (Å²) in [7, 11) is 0. The van der Waals surface area contributed by atoms with Crippen molar-refractivity contribution in [1.82, 2.24) is 0 Å². The number of unbranched alkanes of at least 4 members (excludes halogenated alkanes) is 21. The van der Waals surface area contributed by atoms with Gasteiger partial charge in [-0.2, -0.15) is 0 Å². The molecule has 0 amide bonds. The van der Waals surface area contributed by atoms with Gasteiger partial charge in [0.05, 0.1) is 0 Å². The van der Waals surface area contributed by atoms with E-state index in [1.165, 1.54) is 135 Å². The van der Waals surface area contributed by atoms with Gasteiger partial charge >= 0.3 is 0 Å². The third-order valence-corrected chi connectivity index (χ3v) is 5.51. The molecule has 0 spiro atoms. The second-order valence-corrected chi connectivity index (χ2v) is 8.14. The van der Waals surface area contributed by atoms with Gasteiger partial charge in [-0.05, 0) is 6.42 Å². The molecule has 0 saturated carbocycles. The lowest BCUT2D eigenvalue weighted by Gasteiger charge is -2.04. The molecule has 0 saturated heterocycles. The molecule has 0 bridgehead atoms. The molecular weight excluding hydrogens is 314 g/mol. The molecule has 1 heteroatoms. The molecule has 0 unspecified atom stereocenters. The van der Waals surface area contributed by atoms with Crippen LogP contribution in [-0.2, 0) is 0 Å². The molecule has 26 heavy (non-hydrogen) atoms. The fraction of sp³-hybridized carbons (Fsp3) is 0.920. The second kappa shape index (κ2) is 24.4. The molecule has 0 aliphatic rings. The average molecular weight is 364 g/mol. The van der Waals surface area contributed by atoms with Gasteiger partial charge in [-0.25, -0.2) is 0 Å². The van der Waals surface area contributed by atoms with E-state index in [4.69, 9.17) is 5.73 Å². The van der Waals surface area contributed by atoms with Gasteiger partial charge in [-0.1, -0.05) is 141 Å². The summed E-state index contributed by atoms with van der Waals surface area (Å²) in [5.74, 6) is 2.94. The summed E-state index contributed by atoms with van der Waals surface area (Å²) < 4.78 is 0. The van der Waals surface area contributed by atoms with Crippen molar-refractivity contribution in [2.45, 2.75) is 148 Å². The van der Waals surface area contributed by atoms with Crippen LogP contribution in [0.4, 0.5) is 0 Å². The van der Waals surface area contributed by atoms with Crippen LogP contribution in [0.25, 0.3) is 0 Å². The predicted molar refractivity (Wildman–Crippen MR) is 119 cm³/mol. The Labute approximate surface area is 166 Å². The zero-order valence-corrected chi connectivity index (χ0v) is 18.1. The molecule has 0 aromatic carbocycles. The third kappa shape index (κ3) is 23.4. The Hall–Kier alpha value is -0.640. The smallest absolute Gasteiger partial charge is 0.0107 e. The zero-order valence-electron chi connectivity index (χ0n) is 18.1. The van der Waals surface area contributed by atoms with Crippen LogP contribution in [0.5, 0.6) is 0 Å². The van der Waals surface area contributed by atoms with E-state index in [0.717, 1.165) is 6.42 Å². The zero-order chi connectivity index (χ0) is 19.0. The van der Waals surface area contributed by atoms with E-state index in [1.807, 2.05) is 0 Å². The van der Waals surface area contributed by atoms with E-state index < -0.39 is 0 Å². The summed E-state index contributed by atoms with van der Waals surface area (Å²) in [6, 6.07) is 2.48. The van der Waals surface area contributed by atoms with Crippen molar-refractivity contribution in [2.24, 2.45) is 5.73 Å². The summed E-state index contributed by atoms with van der Waals surface area (Å²) in [6.45, 7) is 2.30. The van der Waals surface area contributed by atoms with E-state index in [0.29, 0.717) is 0 Å². The average Bonchev–Trinajstić information content (AvgIpc) is 2.66. The SMILES string of the molecule is CCCCCCCCCCCCCCCCCCCCCCCC#CN. The summed E-state index contributed by atoms with van der Waals surface area (Å²) in [4.78, 5) is 0. The van der Waals surface area contributed by atoms with E-state index in [1.54, 1.807) is 0 Å². The highest BCUT2D eigenvalue weighted by Crippen LogP contribution is 2.15. The summed E-state index contributed by atoms with van der Waals surface area (Å²) in [5.41, 5.74) is 5.16. The first-order valence-electron chi connectivity index (χ1n) is 12.1. The van der Waals surface area contributed by atoms with Crippen LogP contribution in [0.15, 0.2) is 0 Å². The van der Waals surface area contributed by atoms with Gasteiger partial charge in [-0.3, -0.25) is 0 Å². The molecule has 1 nitrogen and oxygen atoms in total. The molecule has 0 rings (SSSR count). The van der Waals surface area contributed by atoms with Crippen LogP contribution in [0.3, 0.4) is 0 Å². The molecule has 0 heterocycles. The van der Waals surface area contributed by atoms with Crippen molar-refractivity contribution in [2.75, 3.05) is 0 Å². The molecule has 2 N–H and O–H groups in total. The number of rotatable bonds is 21. The van der Waals surface area contributed by atoms with Crippen LogP contribution in [0, 0.1) is 12.0 Å². The largest absolute Gasteiger partial charge is 0.359 e. The number of hydrogen-bond acceptors (Lipinski definition) is 1. The van der Waals surface area contributed by atoms with Crippen LogP contribution in [0.2, 0.25) is 0 Å². The van der Waals surface area contributed by atoms with Crippen molar-refractivity contribution >= 4 is 0 Å². The Morgan fingerprint density at radius 1 is 0.423 bits per heavy atom. The summed E-state index contributed by atoms with van der Waals surface area (Å²) >= 11 is 0. The van der Waals surface area contributed by atoms with E-state index >= 15 is 0 Å². The number of hydrogen-bond donors (Lipinski definition) is 1. The van der Waals surface area contributed by atoms with Crippen LogP contribution < -0.4 is 5.73 Å². The fourth-order valence-electron chi connectivity index (χ4n) is 3.72. The Morgan fingerprint density at radius 2 is 0.692 bits per heavy atom. The van der Waals surface area contributed by atoms with Crippen LogP contribution >= 0.6 is 0 Å². The first-order chi connectivity index (χ1) is 12.9. The Kier molecular flexibility index (Phi) is 23.8. The van der Waals surface area contributed by atoms with Crippen molar-refractivity contribution in [3.8, 4) is 12.0 Å².